The van der Waals surface area contributed by atoms with E-state index in [0.29, 0.717) is 18.4 Å². The Morgan fingerprint density at radius 2 is 2.18 bits per heavy atom. The van der Waals surface area contributed by atoms with Crippen molar-refractivity contribution in [3.8, 4) is 5.75 Å². The fourth-order valence-electron chi connectivity index (χ4n) is 3.27. The lowest BCUT2D eigenvalue weighted by molar-refractivity contribution is -0.134. The molecule has 0 spiro atoms. The molecule has 1 aromatic rings. The number of nitrogens with zero attached hydrogens (tertiary/aromatic N) is 1. The predicted molar refractivity (Wildman–Crippen MR) is 89.1 cm³/mol. The smallest absolute Gasteiger partial charge is 0.260 e. The molecule has 2 rings (SSSR count). The van der Waals surface area contributed by atoms with E-state index in [1.54, 1.807) is 0 Å². The lowest BCUT2D eigenvalue weighted by Gasteiger charge is -2.21. The average molecular weight is 304 g/mol. The summed E-state index contributed by atoms with van der Waals surface area (Å²) < 4.78 is 5.69. The first kappa shape index (κ1) is 16.8. The summed E-state index contributed by atoms with van der Waals surface area (Å²) in [6, 6.07) is 6.31. The second kappa shape index (κ2) is 7.14. The van der Waals surface area contributed by atoms with Crippen LogP contribution in [0.25, 0.3) is 0 Å². The maximum Gasteiger partial charge on any atom is 0.260 e. The Morgan fingerprint density at radius 3 is 2.73 bits per heavy atom. The molecule has 1 amide bonds. The van der Waals surface area contributed by atoms with Crippen molar-refractivity contribution in [2.24, 2.45) is 11.7 Å². The first-order valence-corrected chi connectivity index (χ1v) is 8.15. The molecule has 122 valence electrons. The quantitative estimate of drug-likeness (QED) is 0.910. The van der Waals surface area contributed by atoms with Gasteiger partial charge in [0.25, 0.3) is 5.91 Å². The molecular formula is C18H28N2O2. The number of hydrogen-bond acceptors (Lipinski definition) is 3. The summed E-state index contributed by atoms with van der Waals surface area (Å²) in [7, 11) is 0. The first-order chi connectivity index (χ1) is 10.4. The number of aryl methyl sites for hydroxylation is 1. The van der Waals surface area contributed by atoms with Crippen molar-refractivity contribution >= 4 is 5.91 Å². The van der Waals surface area contributed by atoms with Crippen LogP contribution in [-0.2, 0) is 4.79 Å². The standard InChI is InChI=1S/C18H28N2O2/c1-12(2)17-6-5-16(7-13(17)3)22-11-18(21)20-10-15(9-19)8-14(20)4/h5-7,12,14-15H,8-11,19H2,1-4H3. The van der Waals surface area contributed by atoms with Gasteiger partial charge in [-0.15, -0.1) is 0 Å². The van der Waals surface area contributed by atoms with Crippen LogP contribution in [0, 0.1) is 12.8 Å². The topological polar surface area (TPSA) is 55.6 Å². The molecule has 1 aromatic carbocycles. The minimum Gasteiger partial charge on any atom is -0.484 e. The van der Waals surface area contributed by atoms with E-state index in [1.807, 2.05) is 17.0 Å². The first-order valence-electron chi connectivity index (χ1n) is 8.15. The van der Waals surface area contributed by atoms with E-state index in [9.17, 15) is 4.79 Å². The second-order valence-corrected chi connectivity index (χ2v) is 6.69. The fraction of sp³-hybridized carbons (Fsp3) is 0.611. The third kappa shape index (κ3) is 3.80. The van der Waals surface area contributed by atoms with Crippen molar-refractivity contribution in [2.75, 3.05) is 19.7 Å². The highest BCUT2D eigenvalue weighted by molar-refractivity contribution is 5.78. The number of benzene rings is 1. The Bertz CT molecular complexity index is 528. The average Bonchev–Trinajstić information content (AvgIpc) is 2.85. The van der Waals surface area contributed by atoms with Gasteiger partial charge in [0.05, 0.1) is 0 Å². The number of carbonyl (C=O) groups excluding carboxylic acids is 1. The van der Waals surface area contributed by atoms with Gasteiger partial charge in [-0.3, -0.25) is 4.79 Å². The molecule has 1 aliphatic heterocycles. The third-order valence-electron chi connectivity index (χ3n) is 4.54. The van der Waals surface area contributed by atoms with E-state index in [1.165, 1.54) is 11.1 Å². The zero-order valence-corrected chi connectivity index (χ0v) is 14.1. The Hall–Kier alpha value is -1.55. The molecule has 2 N–H and O–H groups in total. The monoisotopic (exact) mass is 304 g/mol. The largest absolute Gasteiger partial charge is 0.484 e. The van der Waals surface area contributed by atoms with Crippen molar-refractivity contribution in [3.63, 3.8) is 0 Å². The van der Waals surface area contributed by atoms with Gasteiger partial charge in [-0.1, -0.05) is 19.9 Å². The van der Waals surface area contributed by atoms with Crippen LogP contribution in [0.15, 0.2) is 18.2 Å². The number of amides is 1. The van der Waals surface area contributed by atoms with Crippen molar-refractivity contribution in [2.45, 2.75) is 46.1 Å². The lowest BCUT2D eigenvalue weighted by Crippen LogP contribution is -2.37. The molecule has 0 bridgehead atoms. The van der Waals surface area contributed by atoms with Gasteiger partial charge in [0.15, 0.2) is 6.61 Å². The predicted octanol–water partition coefficient (Wildman–Crippen LogP) is 2.69. The number of carbonyl (C=O) groups is 1. The van der Waals surface area contributed by atoms with Crippen LogP contribution < -0.4 is 10.5 Å². The second-order valence-electron chi connectivity index (χ2n) is 6.69. The van der Waals surface area contributed by atoms with Gasteiger partial charge in [0, 0.05) is 12.6 Å². The maximum atomic E-state index is 12.3. The fourth-order valence-corrected chi connectivity index (χ4v) is 3.27. The van der Waals surface area contributed by atoms with E-state index in [4.69, 9.17) is 10.5 Å². The van der Waals surface area contributed by atoms with Crippen LogP contribution in [0.2, 0.25) is 0 Å². The van der Waals surface area contributed by atoms with E-state index in [0.717, 1.165) is 18.7 Å². The Labute approximate surface area is 133 Å². The summed E-state index contributed by atoms with van der Waals surface area (Å²) in [6.07, 6.45) is 0.991. The normalized spacial score (nSPS) is 21.5. The van der Waals surface area contributed by atoms with E-state index in [2.05, 4.69) is 33.8 Å². The molecule has 0 aliphatic carbocycles. The maximum absolute atomic E-state index is 12.3. The summed E-state index contributed by atoms with van der Waals surface area (Å²) in [5, 5.41) is 0. The SMILES string of the molecule is Cc1cc(OCC(=O)N2CC(CN)CC2C)ccc1C(C)C. The zero-order chi connectivity index (χ0) is 16.3. The molecule has 22 heavy (non-hydrogen) atoms. The van der Waals surface area contributed by atoms with Gasteiger partial charge < -0.3 is 15.4 Å². The van der Waals surface area contributed by atoms with Crippen LogP contribution >= 0.6 is 0 Å². The number of hydrogen-bond donors (Lipinski definition) is 1. The number of ether oxygens (including phenoxy) is 1. The highest BCUT2D eigenvalue weighted by Gasteiger charge is 2.31. The highest BCUT2D eigenvalue weighted by atomic mass is 16.5. The van der Waals surface area contributed by atoms with Crippen LogP contribution in [0.4, 0.5) is 0 Å². The highest BCUT2D eigenvalue weighted by Crippen LogP contribution is 2.25. The lowest BCUT2D eigenvalue weighted by atomic mass is 9.98. The van der Waals surface area contributed by atoms with Gasteiger partial charge in [-0.05, 0) is 61.9 Å². The molecule has 0 radical (unpaired) electrons. The van der Waals surface area contributed by atoms with Crippen molar-refractivity contribution in [1.29, 1.82) is 0 Å². The van der Waals surface area contributed by atoms with Crippen molar-refractivity contribution < 1.29 is 9.53 Å². The van der Waals surface area contributed by atoms with Crippen LogP contribution in [-0.4, -0.2) is 36.5 Å². The number of nitrogens with two attached hydrogens (primary N) is 1. The molecule has 4 heteroatoms. The summed E-state index contributed by atoms with van der Waals surface area (Å²) in [6.45, 7) is 10.0. The Balaban J connectivity index is 1.93. The summed E-state index contributed by atoms with van der Waals surface area (Å²) in [5.74, 6) is 1.73. The molecule has 1 aliphatic rings. The van der Waals surface area contributed by atoms with Crippen LogP contribution in [0.1, 0.15) is 44.2 Å². The summed E-state index contributed by atoms with van der Waals surface area (Å²) in [4.78, 5) is 14.2. The molecule has 4 nitrogen and oxygen atoms in total. The summed E-state index contributed by atoms with van der Waals surface area (Å²) in [5.41, 5.74) is 8.23. The molecule has 2 unspecified atom stereocenters. The minimum absolute atomic E-state index is 0.0500. The molecular weight excluding hydrogens is 276 g/mol. The third-order valence-corrected chi connectivity index (χ3v) is 4.54. The van der Waals surface area contributed by atoms with E-state index >= 15 is 0 Å². The molecule has 1 saturated heterocycles. The van der Waals surface area contributed by atoms with Crippen molar-refractivity contribution in [1.82, 2.24) is 4.90 Å². The minimum atomic E-state index is 0.0500. The number of likely N-dealkylation sites (tertiary alicyclic amines) is 1. The van der Waals surface area contributed by atoms with Gasteiger partial charge in [-0.2, -0.15) is 0 Å². The van der Waals surface area contributed by atoms with E-state index < -0.39 is 0 Å². The summed E-state index contributed by atoms with van der Waals surface area (Å²) >= 11 is 0. The van der Waals surface area contributed by atoms with Gasteiger partial charge in [-0.25, -0.2) is 0 Å². The Kier molecular flexibility index (Phi) is 5.46. The van der Waals surface area contributed by atoms with Crippen LogP contribution in [0.5, 0.6) is 5.75 Å². The van der Waals surface area contributed by atoms with Gasteiger partial charge in [0.2, 0.25) is 0 Å². The molecule has 0 saturated carbocycles. The zero-order valence-electron chi connectivity index (χ0n) is 14.1. The van der Waals surface area contributed by atoms with Gasteiger partial charge in [0.1, 0.15) is 5.75 Å². The van der Waals surface area contributed by atoms with Crippen LogP contribution in [0.3, 0.4) is 0 Å². The van der Waals surface area contributed by atoms with Gasteiger partial charge >= 0.3 is 0 Å². The molecule has 2 atom stereocenters. The molecule has 0 aromatic heterocycles. The Morgan fingerprint density at radius 1 is 1.45 bits per heavy atom. The number of rotatable bonds is 5. The molecule has 1 fully saturated rings. The molecule has 1 heterocycles. The van der Waals surface area contributed by atoms with Crippen molar-refractivity contribution in [3.05, 3.63) is 29.3 Å². The van der Waals surface area contributed by atoms with E-state index in [-0.39, 0.29) is 18.6 Å².